The molecule has 0 N–H and O–H groups in total. The number of hydrogen-bond acceptors (Lipinski definition) is 3. The van der Waals surface area contributed by atoms with E-state index in [0.717, 1.165) is 18.6 Å². The lowest BCUT2D eigenvalue weighted by Crippen LogP contribution is -2.54. The summed E-state index contributed by atoms with van der Waals surface area (Å²) in [6.45, 7) is 2.29. The molecule has 1 saturated carbocycles. The summed E-state index contributed by atoms with van der Waals surface area (Å²) in [7, 11) is 0. The molecule has 0 radical (unpaired) electrons. The van der Waals surface area contributed by atoms with Crippen LogP contribution in [0.3, 0.4) is 0 Å². The quantitative estimate of drug-likeness (QED) is 0.664. The Labute approximate surface area is 161 Å². The minimum Gasteiger partial charge on any atom is -0.279 e. The van der Waals surface area contributed by atoms with Crippen molar-refractivity contribution in [3.63, 3.8) is 0 Å². The van der Waals surface area contributed by atoms with E-state index in [0.29, 0.717) is 5.92 Å². The minimum absolute atomic E-state index is 0.00993. The third kappa shape index (κ3) is 2.96. The van der Waals surface area contributed by atoms with Crippen LogP contribution in [0.2, 0.25) is 0 Å². The van der Waals surface area contributed by atoms with Gasteiger partial charge in [-0.1, -0.05) is 54.1 Å². The van der Waals surface area contributed by atoms with Gasteiger partial charge in [0.05, 0.1) is 5.52 Å². The smallest absolute Gasteiger partial charge is 0.117 e. The summed E-state index contributed by atoms with van der Waals surface area (Å²) in [6.07, 6.45) is 8.76. The van der Waals surface area contributed by atoms with Crippen LogP contribution in [-0.2, 0) is 5.66 Å². The van der Waals surface area contributed by atoms with Crippen LogP contribution in [0.4, 0.5) is 0 Å². The van der Waals surface area contributed by atoms with E-state index in [9.17, 15) is 0 Å². The van der Waals surface area contributed by atoms with Crippen molar-refractivity contribution in [3.8, 4) is 0 Å². The van der Waals surface area contributed by atoms with Gasteiger partial charge in [-0.3, -0.25) is 4.90 Å². The Morgan fingerprint density at radius 1 is 0.815 bits per heavy atom. The first kappa shape index (κ1) is 16.9. The molecule has 1 aliphatic heterocycles. The SMILES string of the molecule is c1ccc(C2CCN(C3(n4nnc5ccccc54)CCCCC3)CC2)cc1. The van der Waals surface area contributed by atoms with Crippen LogP contribution in [0.25, 0.3) is 11.0 Å². The highest BCUT2D eigenvalue weighted by Crippen LogP contribution is 2.42. The fourth-order valence-electron chi connectivity index (χ4n) is 5.31. The lowest BCUT2D eigenvalue weighted by molar-refractivity contribution is -0.0399. The Morgan fingerprint density at radius 2 is 1.52 bits per heavy atom. The van der Waals surface area contributed by atoms with Gasteiger partial charge in [0.15, 0.2) is 0 Å². The van der Waals surface area contributed by atoms with Gasteiger partial charge in [-0.05, 0) is 62.1 Å². The van der Waals surface area contributed by atoms with Crippen molar-refractivity contribution in [2.24, 2.45) is 0 Å². The normalized spacial score (nSPS) is 21.5. The maximum atomic E-state index is 4.67. The average molecular weight is 361 g/mol. The number of benzene rings is 2. The molecule has 4 nitrogen and oxygen atoms in total. The number of nitrogens with zero attached hydrogens (tertiary/aromatic N) is 4. The van der Waals surface area contributed by atoms with Crippen molar-refractivity contribution in [1.82, 2.24) is 19.9 Å². The number of piperidine rings is 1. The first-order valence-corrected chi connectivity index (χ1v) is 10.5. The molecule has 1 aliphatic carbocycles. The molecule has 0 atom stereocenters. The van der Waals surface area contributed by atoms with Crippen LogP contribution in [-0.4, -0.2) is 33.0 Å². The first-order chi connectivity index (χ1) is 13.4. The van der Waals surface area contributed by atoms with E-state index in [1.165, 1.54) is 56.0 Å². The van der Waals surface area contributed by atoms with Gasteiger partial charge in [0.25, 0.3) is 0 Å². The molecule has 0 bridgehead atoms. The highest BCUT2D eigenvalue weighted by atomic mass is 15.5. The Hall–Kier alpha value is -2.20. The monoisotopic (exact) mass is 360 g/mol. The lowest BCUT2D eigenvalue weighted by Gasteiger charge is -2.49. The molecule has 140 valence electrons. The summed E-state index contributed by atoms with van der Waals surface area (Å²) in [6, 6.07) is 19.5. The molecular weight excluding hydrogens is 332 g/mol. The van der Waals surface area contributed by atoms with Crippen LogP contribution >= 0.6 is 0 Å². The van der Waals surface area contributed by atoms with Crippen molar-refractivity contribution < 1.29 is 0 Å². The lowest BCUT2D eigenvalue weighted by atomic mass is 9.83. The highest BCUT2D eigenvalue weighted by Gasteiger charge is 2.43. The molecule has 2 fully saturated rings. The Morgan fingerprint density at radius 3 is 2.30 bits per heavy atom. The first-order valence-electron chi connectivity index (χ1n) is 10.5. The highest BCUT2D eigenvalue weighted by molar-refractivity contribution is 5.74. The summed E-state index contributed by atoms with van der Waals surface area (Å²) >= 11 is 0. The number of fused-ring (bicyclic) bond motifs is 1. The molecule has 0 spiro atoms. The van der Waals surface area contributed by atoms with E-state index in [1.54, 1.807) is 0 Å². The standard InChI is InChI=1S/C23H28N4/c1-3-9-19(10-4-1)20-13-17-26(18-14-20)23(15-7-2-8-16-23)27-22-12-6-5-11-21(22)24-25-27/h1,3-6,9-12,20H,2,7-8,13-18H2. The van der Waals surface area contributed by atoms with Crippen LogP contribution < -0.4 is 0 Å². The largest absolute Gasteiger partial charge is 0.279 e. The molecule has 27 heavy (non-hydrogen) atoms. The van der Waals surface area contributed by atoms with Gasteiger partial charge in [0.2, 0.25) is 0 Å². The fourth-order valence-corrected chi connectivity index (χ4v) is 5.31. The summed E-state index contributed by atoms with van der Waals surface area (Å²) in [4.78, 5) is 2.73. The van der Waals surface area contributed by atoms with Crippen molar-refractivity contribution in [1.29, 1.82) is 0 Å². The molecular formula is C23H28N4. The maximum Gasteiger partial charge on any atom is 0.117 e. The predicted molar refractivity (Wildman–Crippen MR) is 109 cm³/mol. The van der Waals surface area contributed by atoms with E-state index >= 15 is 0 Å². The van der Waals surface area contributed by atoms with Gasteiger partial charge in [-0.2, -0.15) is 0 Å². The zero-order chi connectivity index (χ0) is 18.1. The van der Waals surface area contributed by atoms with Gasteiger partial charge >= 0.3 is 0 Å². The number of aromatic nitrogens is 3. The van der Waals surface area contributed by atoms with Crippen molar-refractivity contribution in [3.05, 3.63) is 60.2 Å². The molecule has 2 heterocycles. The molecule has 2 aromatic carbocycles. The van der Waals surface area contributed by atoms with Gasteiger partial charge < -0.3 is 0 Å². The average Bonchev–Trinajstić information content (AvgIpc) is 3.20. The Balaban J connectivity index is 1.45. The number of likely N-dealkylation sites (tertiary alicyclic amines) is 1. The molecule has 2 aliphatic rings. The molecule has 5 rings (SSSR count). The van der Waals surface area contributed by atoms with Crippen LogP contribution in [0.15, 0.2) is 54.6 Å². The molecule has 0 amide bonds. The number of hydrogen-bond donors (Lipinski definition) is 0. The minimum atomic E-state index is 0.00993. The maximum absolute atomic E-state index is 4.67. The second-order valence-electron chi connectivity index (χ2n) is 8.21. The number of para-hydroxylation sites is 1. The zero-order valence-electron chi connectivity index (χ0n) is 15.9. The van der Waals surface area contributed by atoms with Gasteiger partial charge in [0.1, 0.15) is 11.2 Å². The topological polar surface area (TPSA) is 34.0 Å². The zero-order valence-corrected chi connectivity index (χ0v) is 15.9. The summed E-state index contributed by atoms with van der Waals surface area (Å²) in [5.41, 5.74) is 3.71. The van der Waals surface area contributed by atoms with Crippen LogP contribution in [0.5, 0.6) is 0 Å². The van der Waals surface area contributed by atoms with E-state index in [1.807, 2.05) is 0 Å². The van der Waals surface area contributed by atoms with Crippen LogP contribution in [0, 0.1) is 0 Å². The predicted octanol–water partition coefficient (Wildman–Crippen LogP) is 4.93. The summed E-state index contributed by atoms with van der Waals surface area (Å²) in [5.74, 6) is 0.690. The Kier molecular flexibility index (Phi) is 4.44. The van der Waals surface area contributed by atoms with Crippen molar-refractivity contribution >= 4 is 11.0 Å². The molecule has 1 saturated heterocycles. The van der Waals surface area contributed by atoms with Gasteiger partial charge in [-0.25, -0.2) is 4.68 Å². The molecule has 3 aromatic rings. The van der Waals surface area contributed by atoms with Gasteiger partial charge in [0, 0.05) is 13.1 Å². The fraction of sp³-hybridized carbons (Fsp3) is 0.478. The third-order valence-electron chi connectivity index (χ3n) is 6.75. The van der Waals surface area contributed by atoms with Crippen LogP contribution in [0.1, 0.15) is 56.4 Å². The molecule has 0 unspecified atom stereocenters. The van der Waals surface area contributed by atoms with E-state index < -0.39 is 0 Å². The van der Waals surface area contributed by atoms with E-state index in [4.69, 9.17) is 0 Å². The number of rotatable bonds is 3. The third-order valence-corrected chi connectivity index (χ3v) is 6.75. The second-order valence-corrected chi connectivity index (χ2v) is 8.21. The second kappa shape index (κ2) is 7.08. The van der Waals surface area contributed by atoms with Gasteiger partial charge in [-0.15, -0.1) is 5.10 Å². The summed E-state index contributed by atoms with van der Waals surface area (Å²) < 4.78 is 2.27. The Bertz CT molecular complexity index is 887. The van der Waals surface area contributed by atoms with E-state index in [2.05, 4.69) is 74.5 Å². The summed E-state index contributed by atoms with van der Waals surface area (Å²) in [5, 5.41) is 9.15. The van der Waals surface area contributed by atoms with Crippen molar-refractivity contribution in [2.45, 2.75) is 56.5 Å². The molecule has 1 aromatic heterocycles. The van der Waals surface area contributed by atoms with Crippen molar-refractivity contribution in [2.75, 3.05) is 13.1 Å². The molecule has 4 heteroatoms. The van der Waals surface area contributed by atoms with E-state index in [-0.39, 0.29) is 5.66 Å².